The van der Waals surface area contributed by atoms with Crippen molar-refractivity contribution in [3.63, 3.8) is 0 Å². The Kier molecular flexibility index (Phi) is 2.51. The van der Waals surface area contributed by atoms with Crippen LogP contribution in [0.5, 0.6) is 0 Å². The van der Waals surface area contributed by atoms with Crippen LogP contribution in [0.4, 0.5) is 0 Å². The van der Waals surface area contributed by atoms with Crippen LogP contribution < -0.4 is 0 Å². The van der Waals surface area contributed by atoms with Gasteiger partial charge in [0.2, 0.25) is 0 Å². The van der Waals surface area contributed by atoms with Crippen LogP contribution in [0.25, 0.3) is 0 Å². The van der Waals surface area contributed by atoms with E-state index in [2.05, 4.69) is 0 Å². The summed E-state index contributed by atoms with van der Waals surface area (Å²) in [4.78, 5) is 11.1. The molecule has 1 atom stereocenters. The van der Waals surface area contributed by atoms with Crippen LogP contribution >= 0.6 is 0 Å². The Morgan fingerprint density at radius 1 is 1.67 bits per heavy atom. The van der Waals surface area contributed by atoms with Crippen LogP contribution in [-0.2, 0) is 6.40 Å². The van der Waals surface area contributed by atoms with E-state index in [1.165, 1.54) is 0 Å². The summed E-state index contributed by atoms with van der Waals surface area (Å²) >= 11 is 0. The van der Waals surface area contributed by atoms with E-state index in [4.69, 9.17) is 6.48 Å². The van der Waals surface area contributed by atoms with Crippen LogP contribution in [0.3, 0.4) is 0 Å². The average molecular weight is 165 g/mol. The fraction of sp³-hybridized carbons (Fsp3) is 0.300. The molecule has 0 aliphatic rings. The molecule has 0 saturated heterocycles. The minimum absolute atomic E-state index is 0.303. The first-order valence-corrected chi connectivity index (χ1v) is 3.81. The van der Waals surface area contributed by atoms with Gasteiger partial charge in [-0.3, -0.25) is 4.79 Å². The molecule has 1 aromatic carbocycles. The fourth-order valence-electron chi connectivity index (χ4n) is 0.983. The largest absolute Gasteiger partial charge is 0.388 e. The van der Waals surface area contributed by atoms with Crippen LogP contribution in [0.2, 0.25) is 0 Å². The second-order valence-corrected chi connectivity index (χ2v) is 2.50. The van der Waals surface area contributed by atoms with Crippen molar-refractivity contribution in [1.82, 2.24) is 0 Å². The van der Waals surface area contributed by atoms with E-state index >= 15 is 0 Å². The Morgan fingerprint density at radius 2 is 2.42 bits per heavy atom. The summed E-state index contributed by atoms with van der Waals surface area (Å²) in [5.74, 6) is -0.303. The van der Waals surface area contributed by atoms with E-state index < -0.39 is 6.61 Å². The summed E-state index contributed by atoms with van der Waals surface area (Å²) in [6.07, 6.45) is -0.341. The van der Waals surface area contributed by atoms with E-state index in [1.54, 1.807) is 31.2 Å². The number of aryl methyl sites for hydroxylation is 1. The van der Waals surface area contributed by atoms with E-state index in [1.807, 2.05) is 0 Å². The van der Waals surface area contributed by atoms with Crippen molar-refractivity contribution < 1.29 is 11.3 Å². The van der Waals surface area contributed by atoms with Gasteiger partial charge in [0.1, 0.15) is 6.61 Å². The first-order chi connectivity index (χ1) is 6.15. The minimum atomic E-state index is -0.476. The first-order valence-electron chi connectivity index (χ1n) is 4.39. The van der Waals surface area contributed by atoms with Crippen LogP contribution in [0.1, 0.15) is 24.2 Å². The highest BCUT2D eigenvalue weighted by Gasteiger charge is 2.02. The summed E-state index contributed by atoms with van der Waals surface area (Å²) in [6, 6.07) is 6.82. The Bertz CT molecular complexity index is 308. The Balaban J connectivity index is 2.98. The predicted octanol–water partition coefficient (Wildman–Crippen LogP) is 1.42. The third-order valence-corrected chi connectivity index (χ3v) is 1.69. The summed E-state index contributed by atoms with van der Waals surface area (Å²) in [5, 5.41) is 8.62. The van der Waals surface area contributed by atoms with Gasteiger partial charge in [-0.2, -0.15) is 0 Å². The standard InChI is InChI=1S/C10H12O2/c1-2-8-4-3-5-9(6-8)10(12)7-11/h3-6,11H,2,7H2,1H3/i2D. The van der Waals surface area contributed by atoms with Crippen molar-refractivity contribution in [1.29, 1.82) is 0 Å². The molecular formula is C10H12O2. The molecule has 0 aromatic heterocycles. The quantitative estimate of drug-likeness (QED) is 0.688. The zero-order valence-corrected chi connectivity index (χ0v) is 6.95. The molecule has 1 N–H and O–H groups in total. The number of ketones is 1. The Morgan fingerprint density at radius 3 is 3.00 bits per heavy atom. The fourth-order valence-corrected chi connectivity index (χ4v) is 0.983. The summed E-state index contributed by atoms with van der Waals surface area (Å²) < 4.78 is 7.44. The molecule has 2 nitrogen and oxygen atoms in total. The highest BCUT2D eigenvalue weighted by molar-refractivity contribution is 5.97. The lowest BCUT2D eigenvalue weighted by molar-refractivity contribution is 0.0903. The number of Topliss-reactive ketones (excluding diaryl/α,β-unsaturated/α-hetero) is 1. The van der Waals surface area contributed by atoms with Gasteiger partial charge in [-0.15, -0.1) is 0 Å². The number of aliphatic hydroxyl groups is 1. The van der Waals surface area contributed by atoms with Gasteiger partial charge in [0.15, 0.2) is 5.78 Å². The van der Waals surface area contributed by atoms with Gasteiger partial charge in [-0.1, -0.05) is 25.1 Å². The van der Waals surface area contributed by atoms with Gasteiger partial charge in [-0.05, 0) is 18.0 Å². The van der Waals surface area contributed by atoms with Gasteiger partial charge in [0, 0.05) is 6.93 Å². The highest BCUT2D eigenvalue weighted by Crippen LogP contribution is 2.06. The lowest BCUT2D eigenvalue weighted by Gasteiger charge is -1.99. The lowest BCUT2D eigenvalue weighted by atomic mass is 10.1. The number of aliphatic hydroxyl groups excluding tert-OH is 1. The van der Waals surface area contributed by atoms with Gasteiger partial charge >= 0.3 is 0 Å². The monoisotopic (exact) mass is 165 g/mol. The van der Waals surface area contributed by atoms with E-state index in [0.29, 0.717) is 5.56 Å². The lowest BCUT2D eigenvalue weighted by Crippen LogP contribution is -2.04. The molecule has 0 aliphatic heterocycles. The molecule has 1 aromatic rings. The molecule has 0 heterocycles. The van der Waals surface area contributed by atoms with Gasteiger partial charge in [0.05, 0.1) is 0 Å². The van der Waals surface area contributed by atoms with Crippen molar-refractivity contribution in [2.24, 2.45) is 0 Å². The van der Waals surface area contributed by atoms with Crippen LogP contribution in [0.15, 0.2) is 24.3 Å². The second-order valence-electron chi connectivity index (χ2n) is 2.50. The van der Waals surface area contributed by atoms with Gasteiger partial charge in [0.25, 0.3) is 0 Å². The third-order valence-electron chi connectivity index (χ3n) is 1.69. The maximum atomic E-state index is 11.1. The number of hydrogen-bond donors (Lipinski definition) is 1. The average Bonchev–Trinajstić information content (AvgIpc) is 2.17. The van der Waals surface area contributed by atoms with Crippen LogP contribution in [-0.4, -0.2) is 17.5 Å². The number of rotatable bonds is 3. The van der Waals surface area contributed by atoms with Crippen molar-refractivity contribution in [2.45, 2.75) is 13.3 Å². The molecule has 0 spiro atoms. The van der Waals surface area contributed by atoms with Gasteiger partial charge in [-0.25, -0.2) is 0 Å². The molecule has 0 radical (unpaired) electrons. The van der Waals surface area contributed by atoms with Crippen molar-refractivity contribution in [3.05, 3.63) is 35.4 Å². The van der Waals surface area contributed by atoms with Crippen molar-refractivity contribution in [2.75, 3.05) is 6.61 Å². The SMILES string of the molecule is [2H]C(C)c1cccc(C(=O)CO)c1. The molecule has 2 heteroatoms. The number of carbonyl (C=O) groups is 1. The zero-order valence-electron chi connectivity index (χ0n) is 7.95. The molecule has 0 aliphatic carbocycles. The maximum absolute atomic E-state index is 11.1. The summed E-state index contributed by atoms with van der Waals surface area (Å²) in [6.45, 7) is 1.26. The highest BCUT2D eigenvalue weighted by atomic mass is 16.3. The molecule has 1 rings (SSSR count). The minimum Gasteiger partial charge on any atom is -0.388 e. The normalized spacial score (nSPS) is 13.7. The summed E-state index contributed by atoms with van der Waals surface area (Å²) in [7, 11) is 0. The van der Waals surface area contributed by atoms with E-state index in [0.717, 1.165) is 5.56 Å². The number of hydrogen-bond acceptors (Lipinski definition) is 2. The number of benzene rings is 1. The molecule has 64 valence electrons. The third kappa shape index (κ3) is 1.92. The Labute approximate surface area is 73.3 Å². The maximum Gasteiger partial charge on any atom is 0.188 e. The smallest absolute Gasteiger partial charge is 0.188 e. The van der Waals surface area contributed by atoms with E-state index in [-0.39, 0.29) is 12.2 Å². The molecule has 1 unspecified atom stereocenters. The topological polar surface area (TPSA) is 37.3 Å². The van der Waals surface area contributed by atoms with Crippen LogP contribution in [0, 0.1) is 0 Å². The first kappa shape index (κ1) is 7.50. The molecule has 0 fully saturated rings. The van der Waals surface area contributed by atoms with Crippen molar-refractivity contribution in [3.8, 4) is 0 Å². The van der Waals surface area contributed by atoms with E-state index in [9.17, 15) is 4.79 Å². The zero-order chi connectivity index (χ0) is 9.84. The predicted molar refractivity (Wildman–Crippen MR) is 47.2 cm³/mol. The van der Waals surface area contributed by atoms with Gasteiger partial charge < -0.3 is 5.11 Å². The molecule has 0 bridgehead atoms. The van der Waals surface area contributed by atoms with Crippen molar-refractivity contribution >= 4 is 5.78 Å². The second kappa shape index (κ2) is 4.02. The Hall–Kier alpha value is -1.15. The molecule has 0 amide bonds. The molecular weight excluding hydrogens is 152 g/mol. The molecule has 12 heavy (non-hydrogen) atoms. The molecule has 0 saturated carbocycles. The summed E-state index contributed by atoms with van der Waals surface area (Å²) in [5.41, 5.74) is 1.26. The number of carbonyl (C=O) groups excluding carboxylic acids is 1.